The normalized spacial score (nSPS) is 14.6. The smallest absolute Gasteiger partial charge is 0.407 e. The Kier molecular flexibility index (Phi) is 12.9. The third-order valence-corrected chi connectivity index (χ3v) is 5.56. The van der Waals surface area contributed by atoms with Crippen LogP contribution in [0.5, 0.6) is 0 Å². The Bertz CT molecular complexity index is 839. The van der Waals surface area contributed by atoms with Gasteiger partial charge in [0.25, 0.3) is 0 Å². The molecule has 36 heavy (non-hydrogen) atoms. The average Bonchev–Trinajstić information content (AvgIpc) is 3.32. The van der Waals surface area contributed by atoms with Crippen molar-refractivity contribution in [2.45, 2.75) is 90.4 Å². The number of unbranched alkanes of at least 4 members (excludes halogenated alkanes) is 1. The zero-order valence-electron chi connectivity index (χ0n) is 22.2. The molecule has 0 aliphatic heterocycles. The molecule has 12 heteroatoms. The molecule has 0 aromatic carbocycles. The zero-order chi connectivity index (χ0) is 27.3. The summed E-state index contributed by atoms with van der Waals surface area (Å²) in [5.41, 5.74) is 6.08. The first-order valence-electron chi connectivity index (χ1n) is 12.3. The van der Waals surface area contributed by atoms with E-state index in [1.54, 1.807) is 27.0 Å². The van der Waals surface area contributed by atoms with E-state index in [0.29, 0.717) is 31.5 Å². The number of hydrogen-bond donors (Lipinski definition) is 5. The largest absolute Gasteiger partial charge is 0.467 e. The number of esters is 1. The van der Waals surface area contributed by atoms with Gasteiger partial charge in [0, 0.05) is 24.9 Å². The minimum Gasteiger partial charge on any atom is -0.467 e. The third kappa shape index (κ3) is 11.5. The molecule has 1 heterocycles. The van der Waals surface area contributed by atoms with E-state index < -0.39 is 47.6 Å². The van der Waals surface area contributed by atoms with Gasteiger partial charge in [-0.15, -0.1) is 0 Å². The fourth-order valence-electron chi connectivity index (χ4n) is 3.25. The molecule has 4 atom stereocenters. The van der Waals surface area contributed by atoms with Gasteiger partial charge in [0.2, 0.25) is 11.8 Å². The second-order valence-corrected chi connectivity index (χ2v) is 9.76. The molecule has 0 aliphatic rings. The molecule has 0 saturated heterocycles. The SMILES string of the molecule is CC[C@H](C)[C@H](N)C(=O)N[C@@H](Cc1cnc[nH]1)C(=O)N[C@@H](CCCCNC(=O)OC(C)(C)C)C(=O)OC. The number of ether oxygens (including phenoxy) is 2. The molecule has 0 spiro atoms. The summed E-state index contributed by atoms with van der Waals surface area (Å²) in [4.78, 5) is 56.7. The predicted octanol–water partition coefficient (Wildman–Crippen LogP) is 1.16. The Balaban J connectivity index is 2.75. The van der Waals surface area contributed by atoms with Crippen molar-refractivity contribution in [1.82, 2.24) is 25.9 Å². The molecule has 1 rings (SSSR count). The number of carbonyl (C=O) groups excluding carboxylic acids is 4. The fourth-order valence-corrected chi connectivity index (χ4v) is 3.25. The van der Waals surface area contributed by atoms with Crippen molar-refractivity contribution in [3.8, 4) is 0 Å². The van der Waals surface area contributed by atoms with E-state index in [1.807, 2.05) is 13.8 Å². The first-order valence-corrected chi connectivity index (χ1v) is 12.3. The van der Waals surface area contributed by atoms with Gasteiger partial charge in [-0.3, -0.25) is 9.59 Å². The molecule has 0 unspecified atom stereocenters. The number of carbonyl (C=O) groups is 4. The lowest BCUT2D eigenvalue weighted by molar-refractivity contribution is -0.145. The van der Waals surface area contributed by atoms with Crippen molar-refractivity contribution in [3.63, 3.8) is 0 Å². The van der Waals surface area contributed by atoms with Crippen LogP contribution < -0.4 is 21.7 Å². The lowest BCUT2D eigenvalue weighted by Crippen LogP contribution is -2.56. The molecule has 1 aromatic heterocycles. The van der Waals surface area contributed by atoms with Crippen LogP contribution in [-0.4, -0.2) is 71.2 Å². The second kappa shape index (κ2) is 15.1. The average molecular weight is 511 g/mol. The maximum atomic E-state index is 13.1. The van der Waals surface area contributed by atoms with Gasteiger partial charge in [-0.05, 0) is 46.0 Å². The highest BCUT2D eigenvalue weighted by Crippen LogP contribution is 2.09. The number of methoxy groups -OCH3 is 1. The van der Waals surface area contributed by atoms with Crippen LogP contribution in [0.15, 0.2) is 12.5 Å². The number of nitrogens with one attached hydrogen (secondary N) is 4. The highest BCUT2D eigenvalue weighted by Gasteiger charge is 2.30. The number of amides is 3. The zero-order valence-corrected chi connectivity index (χ0v) is 22.2. The van der Waals surface area contributed by atoms with Gasteiger partial charge in [-0.2, -0.15) is 0 Å². The van der Waals surface area contributed by atoms with Crippen molar-refractivity contribution >= 4 is 23.9 Å². The van der Waals surface area contributed by atoms with Gasteiger partial charge in [-0.25, -0.2) is 14.6 Å². The van der Waals surface area contributed by atoms with Gasteiger partial charge in [0.05, 0.1) is 19.5 Å². The number of aromatic amines is 1. The summed E-state index contributed by atoms with van der Waals surface area (Å²) in [6, 6.07) is -2.68. The molecule has 3 amide bonds. The van der Waals surface area contributed by atoms with Crippen LogP contribution in [0.3, 0.4) is 0 Å². The molecule has 0 bridgehead atoms. The predicted molar refractivity (Wildman–Crippen MR) is 134 cm³/mol. The van der Waals surface area contributed by atoms with Crippen LogP contribution in [0.1, 0.15) is 66.0 Å². The van der Waals surface area contributed by atoms with Gasteiger partial charge in [-0.1, -0.05) is 20.3 Å². The van der Waals surface area contributed by atoms with Crippen LogP contribution in [0.25, 0.3) is 0 Å². The maximum Gasteiger partial charge on any atom is 0.407 e. The van der Waals surface area contributed by atoms with E-state index in [1.165, 1.54) is 13.4 Å². The molecule has 12 nitrogen and oxygen atoms in total. The summed E-state index contributed by atoms with van der Waals surface area (Å²) in [6.07, 6.45) is 4.71. The van der Waals surface area contributed by atoms with Crippen LogP contribution >= 0.6 is 0 Å². The highest BCUT2D eigenvalue weighted by molar-refractivity contribution is 5.92. The number of H-pyrrole nitrogens is 1. The van der Waals surface area contributed by atoms with E-state index >= 15 is 0 Å². The van der Waals surface area contributed by atoms with Crippen molar-refractivity contribution in [1.29, 1.82) is 0 Å². The number of hydrogen-bond acceptors (Lipinski definition) is 8. The van der Waals surface area contributed by atoms with Crippen molar-refractivity contribution in [2.24, 2.45) is 11.7 Å². The number of aromatic nitrogens is 2. The number of nitrogens with two attached hydrogens (primary N) is 1. The summed E-state index contributed by atoms with van der Waals surface area (Å²) in [5, 5.41) is 8.04. The molecule has 204 valence electrons. The van der Waals surface area contributed by atoms with Crippen molar-refractivity contribution in [3.05, 3.63) is 18.2 Å². The first kappa shape index (κ1) is 30.9. The van der Waals surface area contributed by atoms with E-state index in [9.17, 15) is 19.2 Å². The van der Waals surface area contributed by atoms with Crippen LogP contribution in [0, 0.1) is 5.92 Å². The molecule has 6 N–H and O–H groups in total. The molecule has 1 aromatic rings. The van der Waals surface area contributed by atoms with E-state index in [2.05, 4.69) is 25.9 Å². The van der Waals surface area contributed by atoms with Crippen LogP contribution in [0.2, 0.25) is 0 Å². The molecule has 0 fully saturated rings. The van der Waals surface area contributed by atoms with Crippen molar-refractivity contribution < 1.29 is 28.7 Å². The monoisotopic (exact) mass is 510 g/mol. The summed E-state index contributed by atoms with van der Waals surface area (Å²) >= 11 is 0. The minimum absolute atomic E-state index is 0.0713. The molecular weight excluding hydrogens is 468 g/mol. The number of imidazole rings is 1. The minimum atomic E-state index is -0.978. The Hall–Kier alpha value is -3.15. The Morgan fingerprint density at radius 3 is 2.33 bits per heavy atom. The van der Waals surface area contributed by atoms with Crippen LogP contribution in [0.4, 0.5) is 4.79 Å². The third-order valence-electron chi connectivity index (χ3n) is 5.56. The number of nitrogens with zero attached hydrogens (tertiary/aromatic N) is 1. The van der Waals surface area contributed by atoms with Gasteiger partial charge in [0.1, 0.15) is 17.7 Å². The molecule has 0 radical (unpaired) electrons. The van der Waals surface area contributed by atoms with E-state index in [-0.39, 0.29) is 18.8 Å². The fraction of sp³-hybridized carbons (Fsp3) is 0.708. The highest BCUT2D eigenvalue weighted by atomic mass is 16.6. The van der Waals surface area contributed by atoms with Gasteiger partial charge < -0.3 is 36.1 Å². The standard InChI is InChI=1S/C24H42N6O6/c1-7-15(2)19(25)21(32)30-18(12-16-13-26-14-28-16)20(31)29-17(22(33)35-6)10-8-9-11-27-23(34)36-24(3,4)5/h13-15,17-19H,7-12,25H2,1-6H3,(H,26,28)(H,27,34)(H,29,31)(H,30,32)/t15-,17-,18-,19-/m0/s1. The van der Waals surface area contributed by atoms with Gasteiger partial charge in [0.15, 0.2) is 0 Å². The number of alkyl carbamates (subject to hydrolysis) is 1. The maximum absolute atomic E-state index is 13.1. The Morgan fingerprint density at radius 1 is 1.11 bits per heavy atom. The topological polar surface area (TPSA) is 178 Å². The van der Waals surface area contributed by atoms with Gasteiger partial charge >= 0.3 is 12.1 Å². The second-order valence-electron chi connectivity index (χ2n) is 9.76. The molecular formula is C24H42N6O6. The molecule has 0 saturated carbocycles. The quantitative estimate of drug-likeness (QED) is 0.183. The number of rotatable bonds is 14. The van der Waals surface area contributed by atoms with E-state index in [0.717, 1.165) is 0 Å². The first-order chi connectivity index (χ1) is 16.9. The lowest BCUT2D eigenvalue weighted by atomic mass is 9.98. The summed E-state index contributed by atoms with van der Waals surface area (Å²) in [6.45, 7) is 9.46. The summed E-state index contributed by atoms with van der Waals surface area (Å²) in [7, 11) is 1.24. The summed E-state index contributed by atoms with van der Waals surface area (Å²) in [5.74, 6) is -1.67. The summed E-state index contributed by atoms with van der Waals surface area (Å²) < 4.78 is 10.0. The van der Waals surface area contributed by atoms with Crippen LogP contribution in [-0.2, 0) is 30.3 Å². The molecule has 0 aliphatic carbocycles. The Labute approximate surface area is 212 Å². The van der Waals surface area contributed by atoms with E-state index in [4.69, 9.17) is 15.2 Å². The Morgan fingerprint density at radius 2 is 1.78 bits per heavy atom. The van der Waals surface area contributed by atoms with Crippen molar-refractivity contribution in [2.75, 3.05) is 13.7 Å². The lowest BCUT2D eigenvalue weighted by Gasteiger charge is -2.24.